The van der Waals surface area contributed by atoms with E-state index in [4.69, 9.17) is 11.6 Å². The first-order valence-electron chi connectivity index (χ1n) is 11.0. The third kappa shape index (κ3) is 4.03. The zero-order valence-electron chi connectivity index (χ0n) is 18.4. The summed E-state index contributed by atoms with van der Waals surface area (Å²) in [6.45, 7) is 13.4. The number of halogens is 1. The molecule has 2 atom stereocenters. The summed E-state index contributed by atoms with van der Waals surface area (Å²) in [5, 5.41) is 20.4. The highest BCUT2D eigenvalue weighted by atomic mass is 35.5. The lowest BCUT2D eigenvalue weighted by Crippen LogP contribution is -2.51. The first kappa shape index (κ1) is 22.0. The van der Waals surface area contributed by atoms with Crippen molar-refractivity contribution in [3.05, 3.63) is 76.3 Å². The van der Waals surface area contributed by atoms with Crippen molar-refractivity contribution in [2.75, 3.05) is 25.0 Å². The first-order valence-corrected chi connectivity index (χ1v) is 12.2. The van der Waals surface area contributed by atoms with Gasteiger partial charge >= 0.3 is 0 Å². The summed E-state index contributed by atoms with van der Waals surface area (Å²) >= 11 is 8.24. The van der Waals surface area contributed by atoms with Crippen LogP contribution in [0.4, 0.5) is 5.82 Å². The van der Waals surface area contributed by atoms with Crippen LogP contribution in [-0.4, -0.2) is 45.9 Å². The molecular weight excluding hydrogens is 456 g/mol. The highest BCUT2D eigenvalue weighted by molar-refractivity contribution is 8.03. The van der Waals surface area contributed by atoms with Gasteiger partial charge in [0.05, 0.1) is 22.0 Å². The SMILES string of the molecule is C=CC(c1c(NC(=C)Sc2cnc3ccc[n+]([O-])c3c2)[nH]c(CC)c1Cl)=[N+]1CC2CNC2C1. The van der Waals surface area contributed by atoms with Gasteiger partial charge in [-0.1, -0.05) is 43.4 Å². The summed E-state index contributed by atoms with van der Waals surface area (Å²) in [4.78, 5) is 8.65. The smallest absolute Gasteiger partial charge is 0.243 e. The molecule has 2 aliphatic rings. The quantitative estimate of drug-likeness (QED) is 0.272. The maximum absolute atomic E-state index is 12.1. The minimum atomic E-state index is 0.520. The van der Waals surface area contributed by atoms with Gasteiger partial charge in [0.2, 0.25) is 11.2 Å². The standard InChI is InChI=1S/C24H25ClN6OS/c1-4-17-23(25)22(20(5-2)30-12-15-10-26-19(15)13-30)24(29-17)28-14(3)33-16-9-21-18(27-11-16)7-6-8-31(21)32/h5-9,11,15,19,26H,2-4,10,12-13H2,1H3,(H,28,29)/p+1. The van der Waals surface area contributed by atoms with Crippen molar-refractivity contribution in [3.63, 3.8) is 0 Å². The average molecular weight is 482 g/mol. The molecule has 5 heterocycles. The third-order valence-corrected chi connectivity index (χ3v) is 7.55. The van der Waals surface area contributed by atoms with Gasteiger partial charge in [-0.15, -0.1) is 0 Å². The summed E-state index contributed by atoms with van der Waals surface area (Å²) in [6, 6.07) is 5.86. The zero-order chi connectivity index (χ0) is 23.1. The molecule has 9 heteroatoms. The number of aryl methyl sites for hydroxylation is 1. The normalized spacial score (nSPS) is 20.9. The Morgan fingerprint density at radius 1 is 1.45 bits per heavy atom. The van der Waals surface area contributed by atoms with Crippen molar-refractivity contribution in [3.8, 4) is 0 Å². The number of fused-ring (bicyclic) bond motifs is 2. The molecule has 0 spiro atoms. The summed E-state index contributed by atoms with van der Waals surface area (Å²) in [6.07, 6.45) is 5.88. The van der Waals surface area contributed by atoms with E-state index < -0.39 is 0 Å². The number of allylic oxidation sites excluding steroid dienone is 1. The van der Waals surface area contributed by atoms with Crippen LogP contribution in [0.1, 0.15) is 18.2 Å². The van der Waals surface area contributed by atoms with E-state index in [1.807, 2.05) is 18.2 Å². The zero-order valence-corrected chi connectivity index (χ0v) is 20.0. The van der Waals surface area contributed by atoms with Gasteiger partial charge in [-0.25, -0.2) is 9.56 Å². The number of anilines is 1. The van der Waals surface area contributed by atoms with E-state index in [1.54, 1.807) is 12.3 Å². The number of H-pyrrole nitrogens is 1. The largest absolute Gasteiger partial charge is 0.618 e. The van der Waals surface area contributed by atoms with E-state index in [9.17, 15) is 5.21 Å². The maximum Gasteiger partial charge on any atom is 0.243 e. The molecule has 3 aromatic heterocycles. The molecule has 3 N–H and O–H groups in total. The van der Waals surface area contributed by atoms with Gasteiger partial charge < -0.3 is 20.8 Å². The molecule has 0 radical (unpaired) electrons. The fraction of sp³-hybridized carbons (Fsp3) is 0.292. The fourth-order valence-electron chi connectivity index (χ4n) is 4.55. The third-order valence-electron chi connectivity index (χ3n) is 6.33. The lowest BCUT2D eigenvalue weighted by molar-refractivity contribution is -0.577. The monoisotopic (exact) mass is 481 g/mol. The fourth-order valence-corrected chi connectivity index (χ4v) is 5.64. The molecule has 3 aromatic rings. The molecule has 2 aliphatic heterocycles. The molecule has 0 aliphatic carbocycles. The Bertz CT molecular complexity index is 1290. The van der Waals surface area contributed by atoms with Crippen LogP contribution in [0.3, 0.4) is 0 Å². The van der Waals surface area contributed by atoms with Crippen molar-refractivity contribution >= 4 is 45.9 Å². The number of aromatic nitrogens is 3. The number of thioether (sulfide) groups is 1. The summed E-state index contributed by atoms with van der Waals surface area (Å²) in [5.41, 5.74) is 4.08. The van der Waals surface area contributed by atoms with E-state index >= 15 is 0 Å². The van der Waals surface area contributed by atoms with E-state index in [2.05, 4.69) is 45.3 Å². The molecule has 5 rings (SSSR count). The number of hydrogen-bond acceptors (Lipinski definition) is 5. The van der Waals surface area contributed by atoms with E-state index in [0.29, 0.717) is 33.0 Å². The molecule has 0 aromatic carbocycles. The Balaban J connectivity index is 1.44. The summed E-state index contributed by atoms with van der Waals surface area (Å²) in [5.74, 6) is 1.47. The molecule has 7 nitrogen and oxygen atoms in total. The number of nitrogens with zero attached hydrogens (tertiary/aromatic N) is 3. The lowest BCUT2D eigenvalue weighted by atomic mass is 9.96. The second-order valence-electron chi connectivity index (χ2n) is 8.35. The van der Waals surface area contributed by atoms with Gasteiger partial charge in [-0.2, -0.15) is 4.73 Å². The highest BCUT2D eigenvalue weighted by Gasteiger charge is 2.44. The van der Waals surface area contributed by atoms with Crippen LogP contribution in [-0.2, 0) is 6.42 Å². The van der Waals surface area contributed by atoms with Crippen LogP contribution in [0, 0.1) is 11.1 Å². The van der Waals surface area contributed by atoms with Gasteiger partial charge in [0, 0.05) is 41.5 Å². The average Bonchev–Trinajstić information content (AvgIpc) is 3.25. The maximum atomic E-state index is 12.1. The van der Waals surface area contributed by atoms with Crippen LogP contribution in [0.25, 0.3) is 11.0 Å². The Labute approximate surface area is 201 Å². The Morgan fingerprint density at radius 3 is 2.97 bits per heavy atom. The Kier molecular flexibility index (Phi) is 5.90. The van der Waals surface area contributed by atoms with Crippen LogP contribution in [0.2, 0.25) is 5.02 Å². The van der Waals surface area contributed by atoms with E-state index in [0.717, 1.165) is 58.5 Å². The van der Waals surface area contributed by atoms with Crippen LogP contribution in [0.5, 0.6) is 0 Å². The molecule has 2 saturated heterocycles. The first-order chi connectivity index (χ1) is 16.0. The molecule has 170 valence electrons. The number of hydrogen-bond donors (Lipinski definition) is 3. The van der Waals surface area contributed by atoms with Crippen molar-refractivity contribution in [2.24, 2.45) is 5.92 Å². The Hall–Kier alpha value is -2.81. The lowest BCUT2D eigenvalue weighted by Gasteiger charge is -2.26. The highest BCUT2D eigenvalue weighted by Crippen LogP contribution is 2.34. The minimum absolute atomic E-state index is 0.520. The number of rotatable bonds is 7. The van der Waals surface area contributed by atoms with Gasteiger partial charge in [-0.3, -0.25) is 0 Å². The van der Waals surface area contributed by atoms with Gasteiger partial charge in [0.25, 0.3) is 0 Å². The molecule has 2 fully saturated rings. The summed E-state index contributed by atoms with van der Waals surface area (Å²) < 4.78 is 3.18. The summed E-state index contributed by atoms with van der Waals surface area (Å²) in [7, 11) is 0. The predicted octanol–water partition coefficient (Wildman–Crippen LogP) is 3.68. The predicted molar refractivity (Wildman–Crippen MR) is 134 cm³/mol. The second kappa shape index (κ2) is 8.85. The van der Waals surface area contributed by atoms with Crippen molar-refractivity contribution in [2.45, 2.75) is 24.3 Å². The molecular formula is C24H26ClN6OS+. The topological polar surface area (TPSA) is 82.7 Å². The number of aromatic amines is 1. The molecule has 2 unspecified atom stereocenters. The van der Waals surface area contributed by atoms with Gasteiger partial charge in [0.1, 0.15) is 23.4 Å². The van der Waals surface area contributed by atoms with Crippen LogP contribution < -0.4 is 15.4 Å². The van der Waals surface area contributed by atoms with Crippen molar-refractivity contribution < 1.29 is 9.31 Å². The van der Waals surface area contributed by atoms with E-state index in [1.165, 1.54) is 18.0 Å². The van der Waals surface area contributed by atoms with Crippen molar-refractivity contribution in [1.29, 1.82) is 0 Å². The number of nitrogens with one attached hydrogen (secondary N) is 3. The van der Waals surface area contributed by atoms with Crippen molar-refractivity contribution in [1.82, 2.24) is 15.3 Å². The van der Waals surface area contributed by atoms with Gasteiger partial charge in [-0.05, 0) is 12.5 Å². The van der Waals surface area contributed by atoms with Crippen LogP contribution >= 0.6 is 23.4 Å². The molecule has 0 saturated carbocycles. The second-order valence-corrected chi connectivity index (χ2v) is 9.90. The minimum Gasteiger partial charge on any atom is -0.618 e. The Morgan fingerprint density at radius 2 is 2.30 bits per heavy atom. The molecule has 0 bridgehead atoms. The van der Waals surface area contributed by atoms with E-state index in [-0.39, 0.29) is 0 Å². The molecule has 33 heavy (non-hydrogen) atoms. The molecule has 0 amide bonds. The van der Waals surface area contributed by atoms with Crippen LogP contribution in [0.15, 0.2) is 59.8 Å². The number of pyridine rings is 2. The van der Waals surface area contributed by atoms with Gasteiger partial charge in [0.15, 0.2) is 12.7 Å².